The Morgan fingerprint density at radius 2 is 1.90 bits per heavy atom. The Hall–Kier alpha value is -1.60. The SMILES string of the molecule is CCCCN1C(=O)/C(=C2/Sc3ccc(Cl)cc3N2C)SC1=Nc1ccccc1Cl. The largest absolute Gasteiger partial charge is 0.337 e. The number of benzene rings is 2. The highest BCUT2D eigenvalue weighted by Crippen LogP contribution is 2.50. The second kappa shape index (κ2) is 8.64. The molecule has 29 heavy (non-hydrogen) atoms. The number of hydrogen-bond acceptors (Lipinski definition) is 5. The quantitative estimate of drug-likeness (QED) is 0.468. The van der Waals surface area contributed by atoms with E-state index < -0.39 is 0 Å². The molecule has 2 heterocycles. The van der Waals surface area contributed by atoms with Crippen molar-refractivity contribution in [3.05, 3.63) is 62.4 Å². The molecular weight excluding hydrogens is 445 g/mol. The van der Waals surface area contributed by atoms with Gasteiger partial charge in [0, 0.05) is 23.5 Å². The summed E-state index contributed by atoms with van der Waals surface area (Å²) in [6.45, 7) is 2.74. The minimum atomic E-state index is -0.0116. The predicted molar refractivity (Wildman–Crippen MR) is 125 cm³/mol. The monoisotopic (exact) mass is 463 g/mol. The van der Waals surface area contributed by atoms with Crippen molar-refractivity contribution in [1.82, 2.24) is 4.90 Å². The first-order chi connectivity index (χ1) is 14.0. The third-order valence-electron chi connectivity index (χ3n) is 4.66. The summed E-state index contributed by atoms with van der Waals surface area (Å²) >= 11 is 15.5. The number of amides is 1. The van der Waals surface area contributed by atoms with E-state index in [0.29, 0.717) is 32.4 Å². The molecule has 8 heteroatoms. The number of anilines is 1. The summed E-state index contributed by atoms with van der Waals surface area (Å²) in [6.07, 6.45) is 1.91. The number of rotatable bonds is 4. The van der Waals surface area contributed by atoms with E-state index in [1.54, 1.807) is 22.7 Å². The Morgan fingerprint density at radius 1 is 1.10 bits per heavy atom. The van der Waals surface area contributed by atoms with Gasteiger partial charge in [0.05, 0.1) is 21.4 Å². The van der Waals surface area contributed by atoms with Crippen LogP contribution < -0.4 is 4.90 Å². The highest BCUT2D eigenvalue weighted by molar-refractivity contribution is 8.19. The Labute approximate surface area is 189 Å². The van der Waals surface area contributed by atoms with E-state index in [0.717, 1.165) is 28.5 Å². The lowest BCUT2D eigenvalue weighted by Crippen LogP contribution is -2.30. The van der Waals surface area contributed by atoms with Crippen LogP contribution in [0.1, 0.15) is 19.8 Å². The number of hydrogen-bond donors (Lipinski definition) is 0. The second-order valence-corrected chi connectivity index (χ2v) is 9.52. The van der Waals surface area contributed by atoms with Crippen molar-refractivity contribution in [2.45, 2.75) is 24.7 Å². The van der Waals surface area contributed by atoms with Gasteiger partial charge in [0.2, 0.25) is 0 Å². The van der Waals surface area contributed by atoms with Gasteiger partial charge in [-0.1, -0.05) is 60.4 Å². The lowest BCUT2D eigenvalue weighted by atomic mass is 10.3. The van der Waals surface area contributed by atoms with Crippen molar-refractivity contribution in [1.29, 1.82) is 0 Å². The van der Waals surface area contributed by atoms with Crippen LogP contribution in [0.2, 0.25) is 10.0 Å². The van der Waals surface area contributed by atoms with Gasteiger partial charge in [-0.15, -0.1) is 0 Å². The zero-order valence-electron chi connectivity index (χ0n) is 16.0. The van der Waals surface area contributed by atoms with Crippen molar-refractivity contribution < 1.29 is 4.79 Å². The standard InChI is InChI=1S/C21H19Cl2N3OS2/c1-3-4-11-26-19(27)18(29-21(26)24-15-8-6-5-7-14(15)23)20-25(2)16-12-13(22)9-10-17(16)28-20/h5-10,12H,3-4,11H2,1-2H3/b20-18-,24-21?. The van der Waals surface area contributed by atoms with Gasteiger partial charge in [0.25, 0.3) is 5.91 Å². The number of para-hydroxylation sites is 1. The minimum absolute atomic E-state index is 0.0116. The van der Waals surface area contributed by atoms with Crippen LogP contribution in [-0.2, 0) is 4.79 Å². The fourth-order valence-electron chi connectivity index (χ4n) is 3.10. The Kier molecular flexibility index (Phi) is 6.16. The number of thioether (sulfide) groups is 2. The van der Waals surface area contributed by atoms with Gasteiger partial charge in [-0.3, -0.25) is 9.69 Å². The molecule has 0 bridgehead atoms. The second-order valence-electron chi connectivity index (χ2n) is 6.67. The molecule has 2 aromatic rings. The van der Waals surface area contributed by atoms with Gasteiger partial charge >= 0.3 is 0 Å². The van der Waals surface area contributed by atoms with Crippen LogP contribution in [0.5, 0.6) is 0 Å². The number of amidine groups is 1. The maximum Gasteiger partial charge on any atom is 0.269 e. The van der Waals surface area contributed by atoms with Gasteiger partial charge in [-0.2, -0.15) is 0 Å². The number of aliphatic imine (C=N–C) groups is 1. The molecule has 2 aliphatic rings. The fourth-order valence-corrected chi connectivity index (χ4v) is 5.78. The molecular formula is C21H19Cl2N3OS2. The van der Waals surface area contributed by atoms with Crippen LogP contribution >= 0.6 is 46.7 Å². The summed E-state index contributed by atoms with van der Waals surface area (Å²) < 4.78 is 0. The molecule has 1 saturated heterocycles. The van der Waals surface area contributed by atoms with E-state index in [1.165, 1.54) is 11.8 Å². The molecule has 1 fully saturated rings. The molecule has 0 radical (unpaired) electrons. The van der Waals surface area contributed by atoms with Gasteiger partial charge < -0.3 is 4.90 Å². The zero-order chi connectivity index (χ0) is 20.5. The van der Waals surface area contributed by atoms with Crippen molar-refractivity contribution in [3.8, 4) is 0 Å². The molecule has 0 aliphatic carbocycles. The molecule has 0 saturated carbocycles. The highest BCUT2D eigenvalue weighted by Gasteiger charge is 2.39. The Balaban J connectivity index is 1.74. The average Bonchev–Trinajstić information content (AvgIpc) is 3.19. The van der Waals surface area contributed by atoms with Crippen molar-refractivity contribution >= 4 is 69.2 Å². The van der Waals surface area contributed by atoms with E-state index in [9.17, 15) is 4.79 Å². The number of unbranched alkanes of at least 4 members (excludes halogenated alkanes) is 1. The first kappa shape index (κ1) is 20.7. The van der Waals surface area contributed by atoms with E-state index in [1.807, 2.05) is 48.3 Å². The third kappa shape index (κ3) is 4.04. The molecule has 0 unspecified atom stereocenters. The summed E-state index contributed by atoms with van der Waals surface area (Å²) in [7, 11) is 1.96. The Morgan fingerprint density at radius 3 is 2.66 bits per heavy atom. The van der Waals surface area contributed by atoms with Crippen LogP contribution in [0.25, 0.3) is 0 Å². The topological polar surface area (TPSA) is 35.9 Å². The van der Waals surface area contributed by atoms with E-state index in [4.69, 9.17) is 28.2 Å². The molecule has 4 rings (SSSR count). The number of nitrogens with zero attached hydrogens (tertiary/aromatic N) is 3. The normalized spacial score (nSPS) is 20.1. The predicted octanol–water partition coefficient (Wildman–Crippen LogP) is 6.77. The van der Waals surface area contributed by atoms with Crippen LogP contribution in [0.3, 0.4) is 0 Å². The van der Waals surface area contributed by atoms with E-state index in [2.05, 4.69) is 6.92 Å². The molecule has 0 N–H and O–H groups in total. The van der Waals surface area contributed by atoms with Crippen molar-refractivity contribution in [2.75, 3.05) is 18.5 Å². The van der Waals surface area contributed by atoms with Crippen LogP contribution in [0.4, 0.5) is 11.4 Å². The summed E-state index contributed by atoms with van der Waals surface area (Å²) in [5.74, 6) is -0.0116. The summed E-state index contributed by atoms with van der Waals surface area (Å²) in [5, 5.41) is 2.82. The number of carbonyl (C=O) groups is 1. The average molecular weight is 464 g/mol. The highest BCUT2D eigenvalue weighted by atomic mass is 35.5. The molecule has 150 valence electrons. The van der Waals surface area contributed by atoms with Crippen molar-refractivity contribution in [3.63, 3.8) is 0 Å². The fraction of sp³-hybridized carbons (Fsp3) is 0.238. The lowest BCUT2D eigenvalue weighted by molar-refractivity contribution is -0.122. The van der Waals surface area contributed by atoms with Gasteiger partial charge in [-0.05, 0) is 48.5 Å². The van der Waals surface area contributed by atoms with Gasteiger partial charge in [0.1, 0.15) is 4.91 Å². The van der Waals surface area contributed by atoms with Crippen LogP contribution in [0, 0.1) is 0 Å². The smallest absolute Gasteiger partial charge is 0.269 e. The number of halogens is 2. The van der Waals surface area contributed by atoms with E-state index >= 15 is 0 Å². The molecule has 0 atom stereocenters. The summed E-state index contributed by atoms with van der Waals surface area (Å²) in [5.41, 5.74) is 1.68. The third-order valence-corrected chi connectivity index (χ3v) is 7.64. The first-order valence-corrected chi connectivity index (χ1v) is 11.7. The molecule has 2 aliphatic heterocycles. The maximum atomic E-state index is 13.3. The van der Waals surface area contributed by atoms with Crippen molar-refractivity contribution in [2.24, 2.45) is 4.99 Å². The van der Waals surface area contributed by atoms with Crippen LogP contribution in [0.15, 0.2) is 62.3 Å². The lowest BCUT2D eigenvalue weighted by Gasteiger charge is -2.16. The summed E-state index contributed by atoms with van der Waals surface area (Å²) in [4.78, 5) is 23.6. The molecule has 0 aromatic heterocycles. The van der Waals surface area contributed by atoms with Crippen LogP contribution in [-0.4, -0.2) is 29.6 Å². The Bertz CT molecular complexity index is 1040. The number of fused-ring (bicyclic) bond motifs is 1. The zero-order valence-corrected chi connectivity index (χ0v) is 19.1. The molecule has 1 amide bonds. The molecule has 4 nitrogen and oxygen atoms in total. The molecule has 2 aromatic carbocycles. The number of carbonyl (C=O) groups excluding carboxylic acids is 1. The van der Waals surface area contributed by atoms with Gasteiger partial charge in [-0.25, -0.2) is 4.99 Å². The first-order valence-electron chi connectivity index (χ1n) is 9.28. The minimum Gasteiger partial charge on any atom is -0.337 e. The molecule has 0 spiro atoms. The van der Waals surface area contributed by atoms with Gasteiger partial charge in [0.15, 0.2) is 5.17 Å². The summed E-state index contributed by atoms with van der Waals surface area (Å²) in [6, 6.07) is 13.2. The van der Waals surface area contributed by atoms with E-state index in [-0.39, 0.29) is 5.91 Å². The maximum absolute atomic E-state index is 13.3.